The Kier molecular flexibility index (Phi) is 5.42. The van der Waals surface area contributed by atoms with Crippen molar-refractivity contribution < 1.29 is 14.5 Å². The number of nitrogens with zero attached hydrogens (tertiary/aromatic N) is 2. The number of nitro benzene ring substituents is 1. The number of ketones is 1. The third-order valence-electron chi connectivity index (χ3n) is 6.53. The third kappa shape index (κ3) is 3.78. The van der Waals surface area contributed by atoms with Crippen LogP contribution in [0.4, 0.5) is 11.4 Å². The average Bonchev–Trinajstić information content (AvgIpc) is 3.34. The van der Waals surface area contributed by atoms with Crippen molar-refractivity contribution in [2.75, 3.05) is 4.90 Å². The van der Waals surface area contributed by atoms with Crippen LogP contribution in [-0.2, 0) is 9.59 Å². The van der Waals surface area contributed by atoms with Crippen LogP contribution in [0.5, 0.6) is 0 Å². The van der Waals surface area contributed by atoms with Crippen LogP contribution >= 0.6 is 11.3 Å². The number of non-ortho nitro benzene ring substituents is 1. The molecule has 33 heavy (non-hydrogen) atoms. The summed E-state index contributed by atoms with van der Waals surface area (Å²) in [5.41, 5.74) is 3.57. The molecule has 1 aliphatic carbocycles. The van der Waals surface area contributed by atoms with Crippen molar-refractivity contribution in [2.24, 2.45) is 0 Å². The van der Waals surface area contributed by atoms with Crippen molar-refractivity contribution in [3.63, 3.8) is 0 Å². The van der Waals surface area contributed by atoms with Crippen molar-refractivity contribution >= 4 is 34.4 Å². The van der Waals surface area contributed by atoms with Crippen LogP contribution in [0.25, 0.3) is 0 Å². The molecule has 2 aromatic carbocycles. The molecule has 0 bridgehead atoms. The maximum Gasteiger partial charge on any atom is 0.271 e. The van der Waals surface area contributed by atoms with E-state index < -0.39 is 4.92 Å². The van der Waals surface area contributed by atoms with Gasteiger partial charge in [-0.3, -0.25) is 24.6 Å². The summed E-state index contributed by atoms with van der Waals surface area (Å²) in [6.07, 6.45) is 1.09. The lowest BCUT2D eigenvalue weighted by atomic mass is 9.74. The second-order valence-electron chi connectivity index (χ2n) is 8.53. The Hall–Kier alpha value is -3.58. The highest BCUT2D eigenvalue weighted by Crippen LogP contribution is 2.48. The molecule has 1 amide bonds. The number of benzene rings is 2. The van der Waals surface area contributed by atoms with Crippen LogP contribution in [0.2, 0.25) is 0 Å². The summed E-state index contributed by atoms with van der Waals surface area (Å²) in [7, 11) is 0. The normalized spacial score (nSPS) is 20.7. The predicted octanol–water partition coefficient (Wildman–Crippen LogP) is 5.89. The van der Waals surface area contributed by atoms with Crippen LogP contribution in [0.15, 0.2) is 77.3 Å². The molecule has 0 N–H and O–H groups in total. The quantitative estimate of drug-likeness (QED) is 0.361. The zero-order chi connectivity index (χ0) is 23.1. The minimum Gasteiger partial charge on any atom is -0.294 e. The van der Waals surface area contributed by atoms with Gasteiger partial charge in [-0.25, -0.2) is 0 Å². The van der Waals surface area contributed by atoms with E-state index in [0.29, 0.717) is 29.8 Å². The maximum atomic E-state index is 13.6. The van der Waals surface area contributed by atoms with Crippen LogP contribution in [0.1, 0.15) is 47.1 Å². The van der Waals surface area contributed by atoms with Gasteiger partial charge in [-0.1, -0.05) is 42.5 Å². The van der Waals surface area contributed by atoms with Crippen molar-refractivity contribution in [1.82, 2.24) is 0 Å². The molecular weight excluding hydrogens is 436 g/mol. The van der Waals surface area contributed by atoms with E-state index in [1.807, 2.05) is 54.8 Å². The minimum atomic E-state index is -0.458. The standard InChI is InChI=1S/C26H22N2O4S/c1-16-9-10-19(28(31)32)14-21(16)27-22-12-18(17-6-3-2-4-7-17)13-23(29)26(22)20(15-25(27)30)24-8-5-11-33-24/h2-11,14,18,20H,12-13,15H2,1H3. The zero-order valence-electron chi connectivity index (χ0n) is 18.1. The van der Waals surface area contributed by atoms with Crippen LogP contribution in [-0.4, -0.2) is 16.6 Å². The van der Waals surface area contributed by atoms with Gasteiger partial charge in [0.15, 0.2) is 5.78 Å². The molecule has 1 aromatic heterocycles. The highest BCUT2D eigenvalue weighted by molar-refractivity contribution is 7.10. The average molecular weight is 459 g/mol. The van der Waals surface area contributed by atoms with Crippen LogP contribution in [0.3, 0.4) is 0 Å². The summed E-state index contributed by atoms with van der Waals surface area (Å²) in [5, 5.41) is 13.4. The van der Waals surface area contributed by atoms with Gasteiger partial charge in [-0.05, 0) is 41.8 Å². The predicted molar refractivity (Wildman–Crippen MR) is 127 cm³/mol. The molecule has 0 saturated heterocycles. The van der Waals surface area contributed by atoms with Gasteiger partial charge in [0.2, 0.25) is 5.91 Å². The number of allylic oxidation sites excluding steroid dienone is 2. The van der Waals surface area contributed by atoms with Crippen molar-refractivity contribution in [2.45, 2.75) is 38.0 Å². The summed E-state index contributed by atoms with van der Waals surface area (Å²) < 4.78 is 0. The number of carbonyl (C=O) groups is 2. The molecule has 3 aromatic rings. The number of rotatable bonds is 4. The molecule has 2 aliphatic rings. The topological polar surface area (TPSA) is 80.5 Å². The zero-order valence-corrected chi connectivity index (χ0v) is 18.9. The lowest BCUT2D eigenvalue weighted by Gasteiger charge is -2.40. The van der Waals surface area contributed by atoms with E-state index in [2.05, 4.69) is 0 Å². The van der Waals surface area contributed by atoms with E-state index in [9.17, 15) is 19.7 Å². The second-order valence-corrected chi connectivity index (χ2v) is 9.51. The molecular formula is C26H22N2O4S. The highest BCUT2D eigenvalue weighted by Gasteiger charge is 2.43. The molecule has 7 heteroatoms. The molecule has 2 unspecified atom stereocenters. The van der Waals surface area contributed by atoms with Gasteiger partial charge >= 0.3 is 0 Å². The largest absolute Gasteiger partial charge is 0.294 e. The summed E-state index contributed by atoms with van der Waals surface area (Å²) in [5.74, 6) is -0.415. The minimum absolute atomic E-state index is 0.0455. The number of carbonyl (C=O) groups excluding carboxylic acids is 2. The van der Waals surface area contributed by atoms with Crippen molar-refractivity contribution in [1.29, 1.82) is 0 Å². The lowest BCUT2D eigenvalue weighted by Crippen LogP contribution is -2.42. The smallest absolute Gasteiger partial charge is 0.271 e. The first-order valence-electron chi connectivity index (χ1n) is 10.9. The van der Waals surface area contributed by atoms with E-state index >= 15 is 0 Å². The van der Waals surface area contributed by atoms with Crippen LogP contribution < -0.4 is 4.90 Å². The fourth-order valence-electron chi connectivity index (χ4n) is 4.96. The Morgan fingerprint density at radius 3 is 2.48 bits per heavy atom. The second kappa shape index (κ2) is 8.41. The summed E-state index contributed by atoms with van der Waals surface area (Å²) >= 11 is 1.55. The van der Waals surface area contributed by atoms with Crippen molar-refractivity contribution in [3.05, 3.63) is 103 Å². The fraction of sp³-hybridized carbons (Fsp3) is 0.231. The first kappa shape index (κ1) is 21.3. The van der Waals surface area contributed by atoms with Gasteiger partial charge in [0.1, 0.15) is 0 Å². The Labute approximate surface area is 195 Å². The molecule has 5 rings (SSSR count). The molecule has 0 fully saturated rings. The first-order valence-corrected chi connectivity index (χ1v) is 11.7. The summed E-state index contributed by atoms with van der Waals surface area (Å²) in [6, 6.07) is 18.3. The number of hydrogen-bond donors (Lipinski definition) is 0. The molecule has 2 atom stereocenters. The Bertz CT molecular complexity index is 1280. The maximum absolute atomic E-state index is 13.6. The van der Waals surface area contributed by atoms with E-state index in [1.165, 1.54) is 12.1 Å². The monoisotopic (exact) mass is 458 g/mol. The van der Waals surface area contributed by atoms with Gasteiger partial charge in [0.25, 0.3) is 5.69 Å². The Balaban J connectivity index is 1.68. The number of nitro groups is 1. The van der Waals surface area contributed by atoms with Gasteiger partial charge in [0.05, 0.1) is 10.6 Å². The molecule has 0 saturated carbocycles. The van der Waals surface area contributed by atoms with E-state index in [4.69, 9.17) is 0 Å². The summed E-state index contributed by atoms with van der Waals surface area (Å²) in [6.45, 7) is 1.83. The van der Waals surface area contributed by atoms with Gasteiger partial charge in [-0.15, -0.1) is 11.3 Å². The number of Topliss-reactive ketones (excluding diaryl/α,β-unsaturated/α-hetero) is 1. The number of thiophene rings is 1. The number of anilines is 1. The number of hydrogen-bond acceptors (Lipinski definition) is 5. The van der Waals surface area contributed by atoms with Gasteiger partial charge < -0.3 is 0 Å². The molecule has 1 aliphatic heterocycles. The van der Waals surface area contributed by atoms with E-state index in [0.717, 1.165) is 16.0 Å². The Morgan fingerprint density at radius 2 is 1.79 bits per heavy atom. The highest BCUT2D eigenvalue weighted by atomic mass is 32.1. The van der Waals surface area contributed by atoms with Gasteiger partial charge in [0, 0.05) is 47.0 Å². The Morgan fingerprint density at radius 1 is 1.00 bits per heavy atom. The fourth-order valence-corrected chi connectivity index (χ4v) is 5.80. The van der Waals surface area contributed by atoms with Gasteiger partial charge in [-0.2, -0.15) is 0 Å². The van der Waals surface area contributed by atoms with Crippen molar-refractivity contribution in [3.8, 4) is 0 Å². The molecule has 0 spiro atoms. The molecule has 166 valence electrons. The van der Waals surface area contributed by atoms with E-state index in [-0.39, 0.29) is 35.6 Å². The van der Waals surface area contributed by atoms with E-state index in [1.54, 1.807) is 22.3 Å². The number of aryl methyl sites for hydroxylation is 1. The molecule has 2 heterocycles. The first-order chi connectivity index (χ1) is 15.9. The SMILES string of the molecule is Cc1ccc([N+](=O)[O-])cc1N1C(=O)CC(c2cccs2)C2=C1CC(c1ccccc1)CC2=O. The summed E-state index contributed by atoms with van der Waals surface area (Å²) in [4.78, 5) is 40.7. The lowest BCUT2D eigenvalue weighted by molar-refractivity contribution is -0.384. The molecule has 0 radical (unpaired) electrons. The van der Waals surface area contributed by atoms with Crippen LogP contribution in [0, 0.1) is 17.0 Å². The third-order valence-corrected chi connectivity index (χ3v) is 7.52. The molecule has 6 nitrogen and oxygen atoms in total. The number of amides is 1.